The quantitative estimate of drug-likeness (QED) is 0.672. The SMILES string of the molecule is CC1CCCC(C)C1NC(=O)NS(=O)(=O)N(c1cnn(C)c1)C1CCOCC1.[NaH]. The first-order chi connectivity index (χ1) is 13.3. The van der Waals surface area contributed by atoms with Gasteiger partial charge in [0.2, 0.25) is 0 Å². The van der Waals surface area contributed by atoms with Crippen molar-refractivity contribution in [1.29, 1.82) is 0 Å². The molecule has 2 fully saturated rings. The molecule has 2 atom stereocenters. The maximum atomic E-state index is 13.1. The van der Waals surface area contributed by atoms with Gasteiger partial charge < -0.3 is 10.1 Å². The molecule has 11 heteroatoms. The summed E-state index contributed by atoms with van der Waals surface area (Å²) < 4.78 is 36.7. The number of nitrogens with one attached hydrogen (secondary N) is 2. The normalized spacial score (nSPS) is 25.7. The second kappa shape index (κ2) is 10.5. The molecule has 9 nitrogen and oxygen atoms in total. The number of aryl methyl sites for hydroxylation is 1. The molecule has 1 saturated heterocycles. The Balaban J connectivity index is 0.00000300. The number of nitrogens with zero attached hydrogens (tertiary/aromatic N) is 3. The van der Waals surface area contributed by atoms with Crippen LogP contribution in [-0.4, -0.2) is 79.1 Å². The molecule has 3 rings (SSSR count). The van der Waals surface area contributed by atoms with Crippen LogP contribution in [0.1, 0.15) is 46.0 Å². The van der Waals surface area contributed by atoms with Crippen LogP contribution in [0.3, 0.4) is 0 Å². The summed E-state index contributed by atoms with van der Waals surface area (Å²) in [6.45, 7) is 5.17. The van der Waals surface area contributed by atoms with Crippen LogP contribution in [0.4, 0.5) is 10.5 Å². The van der Waals surface area contributed by atoms with Crippen molar-refractivity contribution in [3.8, 4) is 0 Å². The maximum absolute atomic E-state index is 13.1. The van der Waals surface area contributed by atoms with Crippen molar-refractivity contribution in [3.05, 3.63) is 12.4 Å². The van der Waals surface area contributed by atoms with Crippen LogP contribution in [0, 0.1) is 11.8 Å². The van der Waals surface area contributed by atoms with Crippen molar-refractivity contribution >= 4 is 51.5 Å². The first-order valence-corrected chi connectivity index (χ1v) is 11.4. The zero-order chi connectivity index (χ0) is 20.3. The Labute approximate surface area is 195 Å². The molecule has 0 radical (unpaired) electrons. The summed E-state index contributed by atoms with van der Waals surface area (Å²) in [5.41, 5.74) is 0.439. The number of carbonyl (C=O) groups is 1. The molecule has 2 amide bonds. The summed E-state index contributed by atoms with van der Waals surface area (Å²) in [6, 6.07) is -0.985. The van der Waals surface area contributed by atoms with Gasteiger partial charge in [-0.15, -0.1) is 0 Å². The molecule has 2 unspecified atom stereocenters. The van der Waals surface area contributed by atoms with Crippen LogP contribution in [0.15, 0.2) is 12.4 Å². The summed E-state index contributed by atoms with van der Waals surface area (Å²) in [6.07, 6.45) is 7.47. The van der Waals surface area contributed by atoms with E-state index in [1.54, 1.807) is 17.9 Å². The van der Waals surface area contributed by atoms with Crippen LogP contribution in [0.2, 0.25) is 0 Å². The van der Waals surface area contributed by atoms with Gasteiger partial charge in [0, 0.05) is 32.5 Å². The van der Waals surface area contributed by atoms with E-state index in [1.165, 1.54) is 10.5 Å². The Hall–Kier alpha value is -0.810. The van der Waals surface area contributed by atoms with Crippen LogP contribution < -0.4 is 14.3 Å². The Morgan fingerprint density at radius 2 is 1.83 bits per heavy atom. The van der Waals surface area contributed by atoms with E-state index in [0.717, 1.165) is 19.3 Å². The number of hydrogen-bond donors (Lipinski definition) is 2. The number of urea groups is 1. The fraction of sp³-hybridized carbons (Fsp3) is 0.778. The average Bonchev–Trinajstić information content (AvgIpc) is 3.04. The van der Waals surface area contributed by atoms with Gasteiger partial charge in [-0.2, -0.15) is 13.5 Å². The van der Waals surface area contributed by atoms with Crippen molar-refractivity contribution in [3.63, 3.8) is 0 Å². The molecule has 1 aliphatic carbocycles. The van der Waals surface area contributed by atoms with Crippen LogP contribution >= 0.6 is 0 Å². The molecule has 29 heavy (non-hydrogen) atoms. The Morgan fingerprint density at radius 1 is 1.21 bits per heavy atom. The fourth-order valence-corrected chi connectivity index (χ4v) is 5.67. The van der Waals surface area contributed by atoms with E-state index >= 15 is 0 Å². The number of ether oxygens (including phenoxy) is 1. The fourth-order valence-electron chi connectivity index (χ4n) is 4.30. The first kappa shape index (κ1) is 24.5. The van der Waals surface area contributed by atoms with Crippen LogP contribution in [-0.2, 0) is 22.0 Å². The molecule has 2 N–H and O–H groups in total. The summed E-state index contributed by atoms with van der Waals surface area (Å²) in [7, 11) is -2.36. The summed E-state index contributed by atoms with van der Waals surface area (Å²) in [4.78, 5) is 12.6. The standard InChI is InChI=1S/C18H31N5O4S.Na.H/c1-13-5-4-6-14(2)17(13)20-18(24)21-28(25,26)23(15-7-9-27-10-8-15)16-11-19-22(3)12-16;;/h11-15,17H,4-10H2,1-3H3,(H2,20,21,24);;. The number of carbonyl (C=O) groups excluding carboxylic acids is 1. The minimum absolute atomic E-state index is 0. The Kier molecular flexibility index (Phi) is 8.84. The monoisotopic (exact) mass is 437 g/mol. The van der Waals surface area contributed by atoms with Crippen LogP contribution in [0.5, 0.6) is 0 Å². The summed E-state index contributed by atoms with van der Waals surface area (Å²) in [5.74, 6) is 0.643. The van der Waals surface area contributed by atoms with E-state index in [4.69, 9.17) is 4.74 Å². The third-order valence-corrected chi connectivity index (χ3v) is 7.26. The van der Waals surface area contributed by atoms with E-state index in [9.17, 15) is 13.2 Å². The van der Waals surface area contributed by atoms with Gasteiger partial charge in [0.05, 0.1) is 17.9 Å². The van der Waals surface area contributed by atoms with E-state index in [1.807, 2.05) is 0 Å². The zero-order valence-corrected chi connectivity index (χ0v) is 17.6. The van der Waals surface area contributed by atoms with E-state index in [-0.39, 0.29) is 41.6 Å². The van der Waals surface area contributed by atoms with Gasteiger partial charge in [0.15, 0.2) is 0 Å². The van der Waals surface area contributed by atoms with Gasteiger partial charge >= 0.3 is 45.8 Å². The second-order valence-corrected chi connectivity index (χ2v) is 9.55. The second-order valence-electron chi connectivity index (χ2n) is 8.00. The first-order valence-electron chi connectivity index (χ1n) is 9.97. The third-order valence-electron chi connectivity index (χ3n) is 5.79. The summed E-state index contributed by atoms with van der Waals surface area (Å²) in [5, 5.41) is 6.98. The number of hydrogen-bond acceptors (Lipinski definition) is 5. The topological polar surface area (TPSA) is 106 Å². The predicted molar refractivity (Wildman–Crippen MR) is 113 cm³/mol. The molecule has 1 aromatic heterocycles. The van der Waals surface area contributed by atoms with Gasteiger partial charge in [0.25, 0.3) is 0 Å². The molecule has 2 heterocycles. The molecule has 1 saturated carbocycles. The van der Waals surface area contributed by atoms with Gasteiger partial charge in [-0.05, 0) is 37.5 Å². The predicted octanol–water partition coefficient (Wildman–Crippen LogP) is 1.13. The summed E-state index contributed by atoms with van der Waals surface area (Å²) >= 11 is 0. The molecule has 160 valence electrons. The average molecular weight is 438 g/mol. The molecular formula is C18H32N5NaO4S. The van der Waals surface area contributed by atoms with E-state index < -0.39 is 16.2 Å². The van der Waals surface area contributed by atoms with Crippen molar-refractivity contribution in [2.75, 3.05) is 17.5 Å². The van der Waals surface area contributed by atoms with Crippen molar-refractivity contribution in [1.82, 2.24) is 19.8 Å². The van der Waals surface area contributed by atoms with Crippen molar-refractivity contribution < 1.29 is 17.9 Å². The molecular weight excluding hydrogens is 405 g/mol. The van der Waals surface area contributed by atoms with E-state index in [2.05, 4.69) is 29.0 Å². The Bertz CT molecular complexity index is 771. The molecule has 0 bridgehead atoms. The van der Waals surface area contributed by atoms with Crippen molar-refractivity contribution in [2.45, 2.75) is 58.0 Å². The van der Waals surface area contributed by atoms with Crippen LogP contribution in [0.25, 0.3) is 0 Å². The number of anilines is 1. The van der Waals surface area contributed by atoms with Gasteiger partial charge in [0.1, 0.15) is 0 Å². The van der Waals surface area contributed by atoms with E-state index in [0.29, 0.717) is 43.6 Å². The molecule has 1 aliphatic heterocycles. The Morgan fingerprint density at radius 3 is 2.38 bits per heavy atom. The van der Waals surface area contributed by atoms with Gasteiger partial charge in [-0.3, -0.25) is 4.68 Å². The van der Waals surface area contributed by atoms with Gasteiger partial charge in [-0.1, -0.05) is 20.3 Å². The zero-order valence-electron chi connectivity index (χ0n) is 16.8. The van der Waals surface area contributed by atoms with Crippen molar-refractivity contribution in [2.24, 2.45) is 18.9 Å². The molecule has 0 spiro atoms. The number of amides is 2. The number of aromatic nitrogens is 2. The molecule has 0 aromatic carbocycles. The number of rotatable bonds is 5. The molecule has 1 aromatic rings. The minimum atomic E-state index is -4.08. The van der Waals surface area contributed by atoms with Gasteiger partial charge in [-0.25, -0.2) is 13.8 Å². The third kappa shape index (κ3) is 6.10. The molecule has 2 aliphatic rings.